The van der Waals surface area contributed by atoms with Gasteiger partial charge in [0.1, 0.15) is 9.88 Å². The summed E-state index contributed by atoms with van der Waals surface area (Å²) in [5.41, 5.74) is -0.273. The molecule has 1 aromatic heterocycles. The molecule has 0 spiro atoms. The minimum atomic E-state index is -1.42. The number of aliphatic hydroxyl groups is 1. The van der Waals surface area contributed by atoms with Gasteiger partial charge in [0.2, 0.25) is 5.82 Å². The molecule has 0 aliphatic carbocycles. The third kappa shape index (κ3) is 3.53. The van der Waals surface area contributed by atoms with Crippen LogP contribution in [0.25, 0.3) is 10.6 Å². The number of piperidine rings is 1. The number of likely N-dealkylation sites (tertiary alicyclic amines) is 1. The number of aromatic nitrogens is 1. The molecule has 1 aromatic carbocycles. The number of ether oxygens (including phenoxy) is 1. The van der Waals surface area contributed by atoms with Gasteiger partial charge in [-0.05, 0) is 17.9 Å². The fourth-order valence-electron chi connectivity index (χ4n) is 3.28. The number of hydrogen-bond donors (Lipinski definition) is 1. The van der Waals surface area contributed by atoms with Crippen molar-refractivity contribution in [2.45, 2.75) is 20.0 Å². The van der Waals surface area contributed by atoms with Crippen LogP contribution in [0.2, 0.25) is 0 Å². The number of halogens is 3. The van der Waals surface area contributed by atoms with Crippen molar-refractivity contribution in [2.75, 3.05) is 20.2 Å². The zero-order valence-electron chi connectivity index (χ0n) is 15.0. The summed E-state index contributed by atoms with van der Waals surface area (Å²) < 4.78 is 46.3. The molecular formula is C18H19F3N2O3S. The number of amides is 1. The van der Waals surface area contributed by atoms with Crippen molar-refractivity contribution in [1.82, 2.24) is 9.88 Å². The number of carbonyl (C=O) groups excluding carboxylic acids is 1. The molecule has 1 saturated heterocycles. The molecule has 1 aliphatic heterocycles. The summed E-state index contributed by atoms with van der Waals surface area (Å²) in [5.74, 6) is -5.02. The minimum Gasteiger partial charge on any atom is -0.491 e. The monoisotopic (exact) mass is 400 g/mol. The summed E-state index contributed by atoms with van der Waals surface area (Å²) >= 11 is 0.889. The van der Waals surface area contributed by atoms with Gasteiger partial charge >= 0.3 is 0 Å². The third-order valence-electron chi connectivity index (χ3n) is 4.74. The van der Waals surface area contributed by atoms with E-state index in [4.69, 9.17) is 0 Å². The summed E-state index contributed by atoms with van der Waals surface area (Å²) in [6.07, 6.45) is 0.811. The molecule has 0 saturated carbocycles. The highest BCUT2D eigenvalue weighted by Gasteiger charge is 2.33. The van der Waals surface area contributed by atoms with E-state index in [1.54, 1.807) is 4.90 Å². The maximum absolute atomic E-state index is 14.4. The van der Waals surface area contributed by atoms with E-state index >= 15 is 0 Å². The second-order valence-electron chi connectivity index (χ2n) is 6.75. The van der Waals surface area contributed by atoms with E-state index in [0.29, 0.717) is 19.2 Å². The van der Waals surface area contributed by atoms with Gasteiger partial charge in [-0.3, -0.25) is 4.79 Å². The summed E-state index contributed by atoms with van der Waals surface area (Å²) in [4.78, 5) is 18.6. The first-order valence-electron chi connectivity index (χ1n) is 8.39. The van der Waals surface area contributed by atoms with Gasteiger partial charge in [-0.15, -0.1) is 11.3 Å². The van der Waals surface area contributed by atoms with Gasteiger partial charge in [-0.2, -0.15) is 4.39 Å². The lowest BCUT2D eigenvalue weighted by atomic mass is 9.88. The van der Waals surface area contributed by atoms with Crippen LogP contribution >= 0.6 is 11.3 Å². The Hall–Kier alpha value is -2.13. The lowest BCUT2D eigenvalue weighted by Gasteiger charge is -2.38. The molecule has 9 heteroatoms. The van der Waals surface area contributed by atoms with E-state index in [9.17, 15) is 23.1 Å². The molecule has 1 amide bonds. The summed E-state index contributed by atoms with van der Waals surface area (Å²) in [5, 5.41) is 10.1. The second kappa shape index (κ2) is 7.47. The molecule has 2 heterocycles. The first-order valence-corrected chi connectivity index (χ1v) is 9.21. The number of rotatable bonds is 3. The van der Waals surface area contributed by atoms with Crippen LogP contribution < -0.4 is 4.74 Å². The zero-order valence-corrected chi connectivity index (χ0v) is 15.8. The van der Waals surface area contributed by atoms with Gasteiger partial charge < -0.3 is 14.7 Å². The highest BCUT2D eigenvalue weighted by Crippen LogP contribution is 2.35. The topological polar surface area (TPSA) is 62.7 Å². The Morgan fingerprint density at radius 3 is 2.48 bits per heavy atom. The molecule has 27 heavy (non-hydrogen) atoms. The van der Waals surface area contributed by atoms with Crippen LogP contribution in [-0.2, 0) is 0 Å². The Morgan fingerprint density at radius 2 is 1.89 bits per heavy atom. The highest BCUT2D eigenvalue weighted by atomic mass is 32.1. The highest BCUT2D eigenvalue weighted by molar-refractivity contribution is 7.16. The maximum atomic E-state index is 14.4. The number of thiazole rings is 1. The number of benzene rings is 1. The molecule has 2 atom stereocenters. The second-order valence-corrected chi connectivity index (χ2v) is 7.78. The van der Waals surface area contributed by atoms with Gasteiger partial charge in [0, 0.05) is 13.1 Å². The van der Waals surface area contributed by atoms with E-state index in [0.717, 1.165) is 18.4 Å². The lowest BCUT2D eigenvalue weighted by Crippen LogP contribution is -2.49. The van der Waals surface area contributed by atoms with Crippen molar-refractivity contribution in [3.05, 3.63) is 34.6 Å². The Balaban J connectivity index is 1.90. The van der Waals surface area contributed by atoms with Gasteiger partial charge in [0.05, 0.1) is 25.0 Å². The van der Waals surface area contributed by atoms with Crippen molar-refractivity contribution in [2.24, 2.45) is 11.8 Å². The summed E-state index contributed by atoms with van der Waals surface area (Å²) in [6.45, 7) is 4.51. The predicted octanol–water partition coefficient (Wildman–Crippen LogP) is 3.32. The Bertz CT molecular complexity index is 862. The quantitative estimate of drug-likeness (QED) is 0.803. The van der Waals surface area contributed by atoms with Gasteiger partial charge in [0.25, 0.3) is 5.91 Å². The molecule has 0 bridgehead atoms. The van der Waals surface area contributed by atoms with E-state index in [1.165, 1.54) is 6.20 Å². The first kappa shape index (κ1) is 19.6. The molecular weight excluding hydrogens is 381 g/mol. The third-order valence-corrected chi connectivity index (χ3v) is 5.76. The minimum absolute atomic E-state index is 0.0474. The number of methoxy groups -OCH3 is 1. The largest absolute Gasteiger partial charge is 0.491 e. The van der Waals surface area contributed by atoms with Crippen LogP contribution in [0.1, 0.15) is 23.5 Å². The maximum Gasteiger partial charge on any atom is 0.265 e. The molecule has 1 N–H and O–H groups in total. The number of hydrogen-bond acceptors (Lipinski definition) is 5. The fraction of sp³-hybridized carbons (Fsp3) is 0.444. The van der Waals surface area contributed by atoms with Crippen molar-refractivity contribution < 1.29 is 27.8 Å². The Morgan fingerprint density at radius 1 is 1.26 bits per heavy atom. The normalized spacial score (nSPS) is 22.8. The van der Waals surface area contributed by atoms with Crippen molar-refractivity contribution in [3.63, 3.8) is 0 Å². The molecule has 2 aromatic rings. The van der Waals surface area contributed by atoms with Crippen LogP contribution in [0.4, 0.5) is 13.2 Å². The van der Waals surface area contributed by atoms with E-state index in [1.807, 2.05) is 13.8 Å². The van der Waals surface area contributed by atoms with Gasteiger partial charge in [-0.1, -0.05) is 13.8 Å². The van der Waals surface area contributed by atoms with Crippen LogP contribution in [0, 0.1) is 29.3 Å². The molecule has 2 unspecified atom stereocenters. The average molecular weight is 400 g/mol. The lowest BCUT2D eigenvalue weighted by molar-refractivity contribution is -0.00333. The fourth-order valence-corrected chi connectivity index (χ4v) is 4.18. The first-order chi connectivity index (χ1) is 12.7. The van der Waals surface area contributed by atoms with Crippen molar-refractivity contribution in [1.29, 1.82) is 0 Å². The molecule has 1 aliphatic rings. The SMILES string of the molecule is COc1c(F)c(F)cc(-c2ncc(C(=O)N3CC(C)C(O)C(C)C3)s2)c1F. The standard InChI is InChI=1S/C18H19F3N2O3S/c1-8-6-23(7-9(2)15(8)24)18(25)12-5-22-17(27-12)10-4-11(19)14(21)16(26-3)13(10)20/h4-5,8-9,15,24H,6-7H2,1-3H3. The molecule has 5 nitrogen and oxygen atoms in total. The zero-order chi connectivity index (χ0) is 19.9. The van der Waals surface area contributed by atoms with Gasteiger partial charge in [-0.25, -0.2) is 13.8 Å². The van der Waals surface area contributed by atoms with Gasteiger partial charge in [0.15, 0.2) is 17.4 Å². The molecule has 146 valence electrons. The Kier molecular flexibility index (Phi) is 5.43. The summed E-state index contributed by atoms with van der Waals surface area (Å²) in [7, 11) is 1.04. The summed E-state index contributed by atoms with van der Waals surface area (Å²) in [6, 6.07) is 0.696. The molecule has 3 rings (SSSR count). The number of nitrogens with zero attached hydrogens (tertiary/aromatic N) is 2. The molecule has 0 radical (unpaired) electrons. The number of carbonyl (C=O) groups is 1. The predicted molar refractivity (Wildman–Crippen MR) is 94.2 cm³/mol. The average Bonchev–Trinajstić information content (AvgIpc) is 3.12. The van der Waals surface area contributed by atoms with E-state index in [2.05, 4.69) is 9.72 Å². The van der Waals surface area contributed by atoms with E-state index < -0.39 is 29.3 Å². The number of aliphatic hydroxyl groups excluding tert-OH is 1. The van der Waals surface area contributed by atoms with Crippen molar-refractivity contribution >= 4 is 17.2 Å². The Labute approximate surface area is 158 Å². The van der Waals surface area contributed by atoms with Crippen LogP contribution in [-0.4, -0.2) is 47.2 Å². The van der Waals surface area contributed by atoms with Crippen LogP contribution in [0.3, 0.4) is 0 Å². The van der Waals surface area contributed by atoms with Crippen LogP contribution in [0.5, 0.6) is 5.75 Å². The van der Waals surface area contributed by atoms with E-state index in [-0.39, 0.29) is 33.2 Å². The van der Waals surface area contributed by atoms with Crippen molar-refractivity contribution in [3.8, 4) is 16.3 Å². The smallest absolute Gasteiger partial charge is 0.265 e. The van der Waals surface area contributed by atoms with Crippen LogP contribution in [0.15, 0.2) is 12.3 Å². The molecule has 1 fully saturated rings.